The van der Waals surface area contributed by atoms with Gasteiger partial charge < -0.3 is 19.3 Å². The summed E-state index contributed by atoms with van der Waals surface area (Å²) in [5, 5.41) is 9.49. The molecule has 0 saturated heterocycles. The number of hydrogen-bond donors (Lipinski definition) is 1. The average molecular weight is 521 g/mol. The molecule has 0 spiro atoms. The normalized spacial score (nSPS) is 13.7. The molecule has 1 aromatic rings. The molecule has 0 radical (unpaired) electrons. The molecule has 0 amide bonds. The summed E-state index contributed by atoms with van der Waals surface area (Å²) in [5.41, 5.74) is 0.678. The molecule has 0 heterocycles. The van der Waals surface area contributed by atoms with E-state index in [9.17, 15) is 9.90 Å². The van der Waals surface area contributed by atoms with Crippen LogP contribution in [0.1, 0.15) is 143 Å². The third kappa shape index (κ3) is 15.2. The van der Waals surface area contributed by atoms with Crippen molar-refractivity contribution in [2.45, 2.75) is 163 Å². The smallest absolute Gasteiger partial charge is 0.307 e. The van der Waals surface area contributed by atoms with Crippen molar-refractivity contribution in [2.24, 2.45) is 0 Å². The van der Waals surface area contributed by atoms with Crippen molar-refractivity contribution in [3.8, 4) is 17.2 Å². The number of ether oxygens (including phenoxy) is 3. The molecule has 3 unspecified atom stereocenters. The van der Waals surface area contributed by atoms with Gasteiger partial charge in [0.2, 0.25) is 5.75 Å². The van der Waals surface area contributed by atoms with E-state index in [-0.39, 0.29) is 24.7 Å². The lowest BCUT2D eigenvalue weighted by Crippen LogP contribution is -2.19. The molecule has 3 atom stereocenters. The van der Waals surface area contributed by atoms with Gasteiger partial charge in [-0.25, -0.2) is 0 Å². The van der Waals surface area contributed by atoms with Gasteiger partial charge in [-0.3, -0.25) is 4.79 Å². The number of carboxylic acids is 1. The van der Waals surface area contributed by atoms with Gasteiger partial charge in [0, 0.05) is 0 Å². The predicted molar refractivity (Wildman–Crippen MR) is 154 cm³/mol. The van der Waals surface area contributed by atoms with Crippen LogP contribution in [0.3, 0.4) is 0 Å². The van der Waals surface area contributed by atoms with Gasteiger partial charge >= 0.3 is 5.97 Å². The van der Waals surface area contributed by atoms with Gasteiger partial charge in [-0.15, -0.1) is 0 Å². The van der Waals surface area contributed by atoms with Crippen molar-refractivity contribution < 1.29 is 24.1 Å². The quantitative estimate of drug-likeness (QED) is 0.146. The molecule has 5 heteroatoms. The second kappa shape index (κ2) is 20.1. The van der Waals surface area contributed by atoms with E-state index in [0.29, 0.717) is 22.8 Å². The fourth-order valence-corrected chi connectivity index (χ4v) is 4.59. The van der Waals surface area contributed by atoms with Crippen LogP contribution >= 0.6 is 0 Å². The first-order chi connectivity index (χ1) is 17.8. The van der Waals surface area contributed by atoms with E-state index in [1.807, 2.05) is 12.1 Å². The first-order valence-electron chi connectivity index (χ1n) is 15.2. The summed E-state index contributed by atoms with van der Waals surface area (Å²) in [4.78, 5) is 11.6. The van der Waals surface area contributed by atoms with E-state index in [2.05, 4.69) is 41.5 Å². The summed E-state index contributed by atoms with van der Waals surface area (Å²) in [7, 11) is 0. The minimum Gasteiger partial charge on any atom is -0.487 e. The lowest BCUT2D eigenvalue weighted by molar-refractivity contribution is -0.136. The van der Waals surface area contributed by atoms with Crippen molar-refractivity contribution in [3.63, 3.8) is 0 Å². The van der Waals surface area contributed by atoms with Gasteiger partial charge in [0.1, 0.15) is 0 Å². The summed E-state index contributed by atoms with van der Waals surface area (Å²) in [5.74, 6) is 0.971. The fraction of sp³-hybridized carbons (Fsp3) is 0.781. The molecule has 0 aliphatic heterocycles. The molecular weight excluding hydrogens is 464 g/mol. The molecular formula is C32H56O5. The Kier molecular flexibility index (Phi) is 18.0. The first-order valence-corrected chi connectivity index (χ1v) is 15.2. The van der Waals surface area contributed by atoms with Crippen LogP contribution < -0.4 is 14.2 Å². The summed E-state index contributed by atoms with van der Waals surface area (Å²) >= 11 is 0. The molecule has 37 heavy (non-hydrogen) atoms. The Balaban J connectivity index is 3.17. The second-order valence-corrected chi connectivity index (χ2v) is 10.8. The van der Waals surface area contributed by atoms with Crippen molar-refractivity contribution in [1.82, 2.24) is 0 Å². The largest absolute Gasteiger partial charge is 0.487 e. The van der Waals surface area contributed by atoms with Gasteiger partial charge in [-0.1, -0.05) is 78.6 Å². The second-order valence-electron chi connectivity index (χ2n) is 10.8. The molecule has 0 aliphatic rings. The highest BCUT2D eigenvalue weighted by molar-refractivity contribution is 5.71. The van der Waals surface area contributed by atoms with Crippen molar-refractivity contribution >= 4 is 5.97 Å². The van der Waals surface area contributed by atoms with E-state index < -0.39 is 5.97 Å². The van der Waals surface area contributed by atoms with Gasteiger partial charge in [0.25, 0.3) is 0 Å². The van der Waals surface area contributed by atoms with Crippen LogP contribution in [0, 0.1) is 0 Å². The van der Waals surface area contributed by atoms with Crippen LogP contribution in [0.2, 0.25) is 0 Å². The molecule has 5 nitrogen and oxygen atoms in total. The van der Waals surface area contributed by atoms with Gasteiger partial charge in [0.05, 0.1) is 24.7 Å². The van der Waals surface area contributed by atoms with E-state index in [0.717, 1.165) is 38.5 Å². The Morgan fingerprint density at radius 3 is 1.38 bits per heavy atom. The number of aliphatic carboxylic acids is 1. The lowest BCUT2D eigenvalue weighted by Gasteiger charge is -2.25. The van der Waals surface area contributed by atoms with Crippen LogP contribution in [0.25, 0.3) is 0 Å². The minimum atomic E-state index is -0.866. The summed E-state index contributed by atoms with van der Waals surface area (Å²) in [6.45, 7) is 12.9. The third-order valence-corrected chi connectivity index (χ3v) is 6.80. The number of rotatable bonds is 23. The SMILES string of the molecule is CCCCCCC(C)Oc1cc(CC(=O)O)cc(OC(C)CCCCCC)c1OC(C)CCCCCC. The summed E-state index contributed by atoms with van der Waals surface area (Å²) in [6.07, 6.45) is 17.2. The zero-order chi connectivity index (χ0) is 27.5. The van der Waals surface area contributed by atoms with Crippen LogP contribution in [0.5, 0.6) is 17.2 Å². The van der Waals surface area contributed by atoms with E-state index in [1.54, 1.807) is 0 Å². The Labute approximate surface area is 227 Å². The highest BCUT2D eigenvalue weighted by atomic mass is 16.6. The number of benzene rings is 1. The van der Waals surface area contributed by atoms with Crippen LogP contribution in [-0.4, -0.2) is 29.4 Å². The van der Waals surface area contributed by atoms with E-state index in [4.69, 9.17) is 14.2 Å². The van der Waals surface area contributed by atoms with E-state index >= 15 is 0 Å². The van der Waals surface area contributed by atoms with E-state index in [1.165, 1.54) is 57.8 Å². The molecule has 0 aliphatic carbocycles. The maximum absolute atomic E-state index is 11.6. The third-order valence-electron chi connectivity index (χ3n) is 6.80. The zero-order valence-corrected chi connectivity index (χ0v) is 24.8. The first kappa shape index (κ1) is 33.1. The number of hydrogen-bond acceptors (Lipinski definition) is 4. The van der Waals surface area contributed by atoms with Crippen LogP contribution in [-0.2, 0) is 11.2 Å². The standard InChI is InChI=1S/C32H56O5/c1-7-10-13-16-19-25(4)35-29-22-28(24-31(33)34)23-30(36-26(5)20-17-14-11-8-2)32(29)37-27(6)21-18-15-12-9-3/h22-23,25-27H,7-21,24H2,1-6H3,(H,33,34). The lowest BCUT2D eigenvalue weighted by atomic mass is 10.1. The molecule has 1 N–H and O–H groups in total. The minimum absolute atomic E-state index is 0.0125. The summed E-state index contributed by atoms with van der Waals surface area (Å²) in [6, 6.07) is 3.68. The van der Waals surface area contributed by atoms with Gasteiger partial charge in [-0.2, -0.15) is 0 Å². The van der Waals surface area contributed by atoms with Gasteiger partial charge in [0.15, 0.2) is 11.5 Å². The maximum atomic E-state index is 11.6. The molecule has 0 saturated carbocycles. The number of carboxylic acid groups (broad SMARTS) is 1. The van der Waals surface area contributed by atoms with Crippen molar-refractivity contribution in [3.05, 3.63) is 17.7 Å². The number of unbranched alkanes of at least 4 members (excludes halogenated alkanes) is 9. The summed E-state index contributed by atoms with van der Waals surface area (Å²) < 4.78 is 19.4. The van der Waals surface area contributed by atoms with Crippen LogP contribution in [0.4, 0.5) is 0 Å². The topological polar surface area (TPSA) is 65.0 Å². The maximum Gasteiger partial charge on any atom is 0.307 e. The molecule has 214 valence electrons. The molecule has 1 rings (SSSR count). The highest BCUT2D eigenvalue weighted by Gasteiger charge is 2.22. The van der Waals surface area contributed by atoms with Crippen molar-refractivity contribution in [2.75, 3.05) is 0 Å². The zero-order valence-electron chi connectivity index (χ0n) is 24.8. The average Bonchev–Trinajstić information content (AvgIpc) is 2.84. The highest BCUT2D eigenvalue weighted by Crippen LogP contribution is 2.42. The molecule has 0 aromatic heterocycles. The Morgan fingerprint density at radius 2 is 1.03 bits per heavy atom. The number of carbonyl (C=O) groups is 1. The predicted octanol–water partition coefficient (Wildman–Crippen LogP) is 9.53. The van der Waals surface area contributed by atoms with Crippen LogP contribution in [0.15, 0.2) is 12.1 Å². The Hall–Kier alpha value is -1.91. The molecule has 1 aromatic carbocycles. The Bertz CT molecular complexity index is 691. The molecule has 0 fully saturated rings. The van der Waals surface area contributed by atoms with Crippen molar-refractivity contribution in [1.29, 1.82) is 0 Å². The fourth-order valence-electron chi connectivity index (χ4n) is 4.59. The van der Waals surface area contributed by atoms with Gasteiger partial charge in [-0.05, 0) is 77.0 Å². The molecule has 0 bridgehead atoms. The Morgan fingerprint density at radius 1 is 0.649 bits per heavy atom. The monoisotopic (exact) mass is 520 g/mol.